The van der Waals surface area contributed by atoms with Crippen LogP contribution < -0.4 is 5.32 Å². The molecule has 164 valence electrons. The van der Waals surface area contributed by atoms with E-state index in [2.05, 4.69) is 30.1 Å². The second-order valence-electron chi connectivity index (χ2n) is 8.16. The monoisotopic (exact) mass is 447 g/mol. The maximum Gasteiger partial charge on any atom is 0.248 e. The highest BCUT2D eigenvalue weighted by Crippen LogP contribution is 2.46. The summed E-state index contributed by atoms with van der Waals surface area (Å²) in [6, 6.07) is 7.10. The summed E-state index contributed by atoms with van der Waals surface area (Å²) in [4.78, 5) is 18.9. The Bertz CT molecular complexity index is 1060. The Labute approximate surface area is 182 Å². The average molecular weight is 448 g/mol. The van der Waals surface area contributed by atoms with Gasteiger partial charge in [0.15, 0.2) is 0 Å². The molecule has 4 rings (SSSR count). The Hall–Kier alpha value is -2.82. The minimum Gasteiger partial charge on any atom is -0.300 e. The zero-order chi connectivity index (χ0) is 22.2. The zero-order valence-electron chi connectivity index (χ0n) is 17.4. The second-order valence-corrected chi connectivity index (χ2v) is 8.91. The van der Waals surface area contributed by atoms with E-state index in [0.29, 0.717) is 22.3 Å². The van der Waals surface area contributed by atoms with Crippen molar-refractivity contribution < 1.29 is 13.6 Å². The van der Waals surface area contributed by atoms with Crippen molar-refractivity contribution in [1.82, 2.24) is 29.6 Å². The molecule has 11 heteroatoms. The first kappa shape index (κ1) is 21.4. The van der Waals surface area contributed by atoms with Crippen molar-refractivity contribution in [3.8, 4) is 11.4 Å². The molecule has 1 aliphatic rings. The van der Waals surface area contributed by atoms with Crippen molar-refractivity contribution in [3.63, 3.8) is 0 Å². The molecule has 1 N–H and O–H groups in total. The second kappa shape index (κ2) is 8.37. The molecule has 0 aliphatic heterocycles. The SMILES string of the molecule is CC(C)c1nsc(NC(=O)[C@H](c2ccc(-c3nnn(C)n3)cc2)[C@H]2CCC(F)(F)C2)n1. The first-order valence-electron chi connectivity index (χ1n) is 10.1. The predicted octanol–water partition coefficient (Wildman–Crippen LogP) is 4.01. The topological polar surface area (TPSA) is 98.5 Å². The minimum absolute atomic E-state index is 0.133. The number of halogens is 2. The highest BCUT2D eigenvalue weighted by molar-refractivity contribution is 7.09. The molecule has 1 aromatic carbocycles. The summed E-state index contributed by atoms with van der Waals surface area (Å²) in [6.07, 6.45) is -0.239. The Kier molecular flexibility index (Phi) is 5.78. The fourth-order valence-electron chi connectivity index (χ4n) is 3.85. The molecule has 0 spiro atoms. The number of alkyl halides is 2. The lowest BCUT2D eigenvalue weighted by Gasteiger charge is -2.23. The third kappa shape index (κ3) is 4.76. The highest BCUT2D eigenvalue weighted by atomic mass is 32.1. The largest absolute Gasteiger partial charge is 0.300 e. The van der Waals surface area contributed by atoms with Gasteiger partial charge in [-0.1, -0.05) is 38.1 Å². The van der Waals surface area contributed by atoms with Crippen LogP contribution in [0.25, 0.3) is 11.4 Å². The van der Waals surface area contributed by atoms with E-state index in [9.17, 15) is 13.6 Å². The van der Waals surface area contributed by atoms with E-state index in [-0.39, 0.29) is 31.1 Å². The van der Waals surface area contributed by atoms with Crippen LogP contribution in [0.1, 0.15) is 56.3 Å². The molecule has 8 nitrogen and oxygen atoms in total. The fourth-order valence-corrected chi connectivity index (χ4v) is 4.56. The minimum atomic E-state index is -2.75. The van der Waals surface area contributed by atoms with Gasteiger partial charge < -0.3 is 5.32 Å². The van der Waals surface area contributed by atoms with Gasteiger partial charge in [-0.15, -0.1) is 10.2 Å². The molecule has 2 aromatic heterocycles. The van der Waals surface area contributed by atoms with Crippen molar-refractivity contribution >= 4 is 22.6 Å². The van der Waals surface area contributed by atoms with E-state index in [1.54, 1.807) is 31.3 Å². The number of hydrogen-bond acceptors (Lipinski definition) is 7. The lowest BCUT2D eigenvalue weighted by molar-refractivity contribution is -0.118. The number of carbonyl (C=O) groups is 1. The molecule has 1 amide bonds. The van der Waals surface area contributed by atoms with Crippen molar-refractivity contribution in [1.29, 1.82) is 0 Å². The first-order valence-corrected chi connectivity index (χ1v) is 10.9. The Morgan fingerprint density at radius 2 is 2.03 bits per heavy atom. The molecule has 1 aliphatic carbocycles. The van der Waals surface area contributed by atoms with Crippen LogP contribution >= 0.6 is 11.5 Å². The summed E-state index contributed by atoms with van der Waals surface area (Å²) < 4.78 is 32.2. The number of tetrazole rings is 1. The Morgan fingerprint density at radius 1 is 1.29 bits per heavy atom. The predicted molar refractivity (Wildman–Crippen MR) is 112 cm³/mol. The molecule has 1 saturated carbocycles. The van der Waals surface area contributed by atoms with Crippen LogP contribution in [0.15, 0.2) is 24.3 Å². The quantitative estimate of drug-likeness (QED) is 0.613. The van der Waals surface area contributed by atoms with E-state index in [4.69, 9.17) is 0 Å². The van der Waals surface area contributed by atoms with Gasteiger partial charge in [0.1, 0.15) is 5.82 Å². The number of hydrogen-bond donors (Lipinski definition) is 1. The molecule has 0 radical (unpaired) electrons. The molecule has 0 bridgehead atoms. The number of anilines is 1. The maximum absolute atomic E-state index is 14.0. The van der Waals surface area contributed by atoms with Gasteiger partial charge in [0.2, 0.25) is 22.8 Å². The summed E-state index contributed by atoms with van der Waals surface area (Å²) in [5, 5.41) is 15.1. The number of nitrogens with one attached hydrogen (secondary N) is 1. The average Bonchev–Trinajstić information content (AvgIpc) is 3.43. The fraction of sp³-hybridized carbons (Fsp3) is 0.500. The van der Waals surface area contributed by atoms with E-state index in [1.807, 2.05) is 13.8 Å². The summed E-state index contributed by atoms with van der Waals surface area (Å²) in [5.41, 5.74) is 1.40. The van der Waals surface area contributed by atoms with Crippen LogP contribution in [0.4, 0.5) is 13.9 Å². The lowest BCUT2D eigenvalue weighted by Crippen LogP contribution is -2.27. The van der Waals surface area contributed by atoms with Crippen LogP contribution in [0, 0.1) is 5.92 Å². The zero-order valence-corrected chi connectivity index (χ0v) is 18.2. The van der Waals surface area contributed by atoms with Gasteiger partial charge in [0, 0.05) is 35.9 Å². The van der Waals surface area contributed by atoms with E-state index >= 15 is 0 Å². The number of rotatable bonds is 6. The van der Waals surface area contributed by atoms with Gasteiger partial charge >= 0.3 is 0 Å². The van der Waals surface area contributed by atoms with Gasteiger partial charge in [-0.25, -0.2) is 13.8 Å². The number of aryl methyl sites for hydroxylation is 1. The van der Waals surface area contributed by atoms with Crippen molar-refractivity contribution in [3.05, 3.63) is 35.7 Å². The van der Waals surface area contributed by atoms with E-state index in [1.165, 1.54) is 4.80 Å². The molecule has 0 unspecified atom stereocenters. The van der Waals surface area contributed by atoms with Crippen LogP contribution in [0.2, 0.25) is 0 Å². The molecular weight excluding hydrogens is 424 g/mol. The van der Waals surface area contributed by atoms with Crippen LogP contribution in [0.3, 0.4) is 0 Å². The standard InChI is InChI=1S/C20H23F2N7OS/c1-11(2)16-23-19(31-27-16)24-18(30)15(14-8-9-20(21,22)10-14)12-4-6-13(7-5-12)17-25-28-29(3)26-17/h4-7,11,14-15H,8-10H2,1-3H3,(H,23,24,27,30)/t14-,15+/m0/s1. The number of nitrogens with zero attached hydrogens (tertiary/aromatic N) is 6. The molecule has 3 aromatic rings. The van der Waals surface area contributed by atoms with E-state index in [0.717, 1.165) is 17.1 Å². The normalized spacial score (nSPS) is 19.0. The molecule has 2 heterocycles. The van der Waals surface area contributed by atoms with Crippen LogP contribution in [-0.2, 0) is 11.8 Å². The number of aromatic nitrogens is 6. The van der Waals surface area contributed by atoms with Gasteiger partial charge in [0.25, 0.3) is 0 Å². The molecule has 31 heavy (non-hydrogen) atoms. The summed E-state index contributed by atoms with van der Waals surface area (Å²) in [5.74, 6) is -3.05. The highest BCUT2D eigenvalue weighted by Gasteiger charge is 2.45. The summed E-state index contributed by atoms with van der Waals surface area (Å²) in [7, 11) is 1.67. The Balaban J connectivity index is 1.60. The lowest BCUT2D eigenvalue weighted by atomic mass is 9.83. The third-order valence-corrected chi connectivity index (χ3v) is 6.06. The van der Waals surface area contributed by atoms with Crippen LogP contribution in [-0.4, -0.2) is 41.4 Å². The number of amides is 1. The number of benzene rings is 1. The molecular formula is C20H23F2N7OS. The van der Waals surface area contributed by atoms with Crippen molar-refractivity contribution in [2.75, 3.05) is 5.32 Å². The first-order chi connectivity index (χ1) is 14.7. The van der Waals surface area contributed by atoms with Gasteiger partial charge in [-0.05, 0) is 23.1 Å². The van der Waals surface area contributed by atoms with E-state index < -0.39 is 17.8 Å². The van der Waals surface area contributed by atoms with Crippen molar-refractivity contribution in [2.45, 2.75) is 50.9 Å². The molecule has 2 atom stereocenters. The van der Waals surface area contributed by atoms with Gasteiger partial charge in [-0.2, -0.15) is 9.17 Å². The number of carbonyl (C=O) groups excluding carboxylic acids is 1. The van der Waals surface area contributed by atoms with Gasteiger partial charge in [0.05, 0.1) is 13.0 Å². The molecule has 0 saturated heterocycles. The Morgan fingerprint density at radius 3 is 2.58 bits per heavy atom. The van der Waals surface area contributed by atoms with Crippen LogP contribution in [0.5, 0.6) is 0 Å². The molecule has 1 fully saturated rings. The summed E-state index contributed by atoms with van der Waals surface area (Å²) in [6.45, 7) is 3.93. The third-order valence-electron chi connectivity index (χ3n) is 5.42. The smallest absolute Gasteiger partial charge is 0.248 e. The summed E-state index contributed by atoms with van der Waals surface area (Å²) >= 11 is 1.10. The van der Waals surface area contributed by atoms with Crippen molar-refractivity contribution in [2.24, 2.45) is 13.0 Å². The maximum atomic E-state index is 14.0. The van der Waals surface area contributed by atoms with Gasteiger partial charge in [-0.3, -0.25) is 4.79 Å².